The number of quaternary nitrogens is 2. The van der Waals surface area contributed by atoms with Crippen molar-refractivity contribution in [3.8, 4) is 0 Å². The Morgan fingerprint density at radius 3 is 1.37 bits per heavy atom. The molecule has 0 bridgehead atoms. The molecule has 2 aliphatic carbocycles. The van der Waals surface area contributed by atoms with Crippen molar-refractivity contribution in [2.45, 2.75) is 92.3 Å². The Balaban J connectivity index is 1.73. The largest absolute Gasteiger partial charge is 0.458 e. The lowest BCUT2D eigenvalue weighted by Gasteiger charge is -2.37. The SMILES string of the molecule is CC(C)[C@H]1CC[C@@H](C)C[C@H]1OC(=O)C[N+](C)(C)CCOP(C)(=O)OCC[N+](C)(C)CC(=O)O[C@@H]1C[C@@H](C)CC[C@@H]1C(C)C. The fourth-order valence-corrected chi connectivity index (χ4v) is 7.62. The molecule has 1 unspecified atom stereocenters. The first-order valence-electron chi connectivity index (χ1n) is 16.7. The summed E-state index contributed by atoms with van der Waals surface area (Å²) in [5.74, 6) is 2.56. The van der Waals surface area contributed by atoms with Crippen molar-refractivity contribution in [1.82, 2.24) is 0 Å². The molecule has 43 heavy (non-hydrogen) atoms. The highest BCUT2D eigenvalue weighted by Gasteiger charge is 2.36. The van der Waals surface area contributed by atoms with Crippen LogP contribution >= 0.6 is 7.60 Å². The quantitative estimate of drug-likeness (QED) is 0.117. The maximum atomic E-state index is 13.0. The number of hydrogen-bond acceptors (Lipinski definition) is 7. The van der Waals surface area contributed by atoms with Crippen molar-refractivity contribution in [3.63, 3.8) is 0 Å². The van der Waals surface area contributed by atoms with E-state index in [1.54, 1.807) is 0 Å². The van der Waals surface area contributed by atoms with Crippen molar-refractivity contribution in [2.24, 2.45) is 35.5 Å². The average molecular weight is 633 g/mol. The Bertz CT molecular complexity index is 868. The summed E-state index contributed by atoms with van der Waals surface area (Å²) in [7, 11) is 4.51. The van der Waals surface area contributed by atoms with Crippen molar-refractivity contribution in [3.05, 3.63) is 0 Å². The van der Waals surface area contributed by atoms with Crippen LogP contribution in [0.1, 0.15) is 80.1 Å². The van der Waals surface area contributed by atoms with Gasteiger partial charge in [-0.1, -0.05) is 54.4 Å². The molecule has 0 spiro atoms. The molecule has 9 nitrogen and oxygen atoms in total. The fraction of sp³-hybridized carbons (Fsp3) is 0.939. The highest BCUT2D eigenvalue weighted by Crippen LogP contribution is 2.43. The monoisotopic (exact) mass is 632 g/mol. The van der Waals surface area contributed by atoms with Gasteiger partial charge in [0.2, 0.25) is 0 Å². The number of carbonyl (C=O) groups is 2. The number of hydrogen-bond donors (Lipinski definition) is 0. The van der Waals surface area contributed by atoms with Gasteiger partial charge in [-0.15, -0.1) is 0 Å². The van der Waals surface area contributed by atoms with Crippen LogP contribution in [0.2, 0.25) is 0 Å². The van der Waals surface area contributed by atoms with Crippen LogP contribution in [-0.4, -0.2) is 107 Å². The predicted molar refractivity (Wildman–Crippen MR) is 172 cm³/mol. The normalized spacial score (nSPS) is 28.5. The van der Waals surface area contributed by atoms with E-state index in [0.717, 1.165) is 25.7 Å². The Kier molecular flexibility index (Phi) is 14.7. The van der Waals surface area contributed by atoms with Gasteiger partial charge in [-0.25, -0.2) is 9.59 Å². The van der Waals surface area contributed by atoms with Gasteiger partial charge in [-0.3, -0.25) is 4.57 Å². The molecule has 0 aromatic rings. The van der Waals surface area contributed by atoms with Crippen molar-refractivity contribution in [1.29, 1.82) is 0 Å². The van der Waals surface area contributed by atoms with Gasteiger partial charge in [0.25, 0.3) is 0 Å². The number of ether oxygens (including phenoxy) is 2. The second kappa shape index (κ2) is 16.5. The molecule has 0 N–H and O–H groups in total. The van der Waals surface area contributed by atoms with Gasteiger partial charge in [-0.2, -0.15) is 0 Å². The van der Waals surface area contributed by atoms with Crippen LogP contribution in [0.5, 0.6) is 0 Å². The molecular weight excluding hydrogens is 567 g/mol. The Hall–Kier alpha value is -0.990. The molecular formula is C33H65N2O7P+2. The molecule has 10 heteroatoms. The lowest BCUT2D eigenvalue weighted by atomic mass is 9.75. The minimum atomic E-state index is -3.30. The Labute approximate surface area is 263 Å². The zero-order valence-corrected chi connectivity index (χ0v) is 30.2. The Morgan fingerprint density at radius 2 is 1.05 bits per heavy atom. The van der Waals surface area contributed by atoms with Crippen LogP contribution < -0.4 is 0 Å². The zero-order valence-electron chi connectivity index (χ0n) is 29.3. The number of esters is 2. The van der Waals surface area contributed by atoms with E-state index in [9.17, 15) is 14.2 Å². The molecule has 2 rings (SSSR count). The van der Waals surface area contributed by atoms with Gasteiger partial charge in [0.15, 0.2) is 13.1 Å². The summed E-state index contributed by atoms with van der Waals surface area (Å²) >= 11 is 0. The molecule has 0 saturated heterocycles. The van der Waals surface area contributed by atoms with Crippen LogP contribution in [0.25, 0.3) is 0 Å². The second-order valence-corrected chi connectivity index (χ2v) is 17.8. The average Bonchev–Trinajstić information content (AvgIpc) is 2.82. The minimum absolute atomic E-state index is 0.0193. The van der Waals surface area contributed by atoms with Gasteiger partial charge >= 0.3 is 19.5 Å². The van der Waals surface area contributed by atoms with E-state index in [1.807, 2.05) is 28.2 Å². The van der Waals surface area contributed by atoms with Crippen molar-refractivity contribution < 1.29 is 41.6 Å². The van der Waals surface area contributed by atoms with E-state index in [-0.39, 0.29) is 50.4 Å². The van der Waals surface area contributed by atoms with Gasteiger partial charge in [0.1, 0.15) is 38.5 Å². The first-order valence-corrected chi connectivity index (χ1v) is 18.7. The highest BCUT2D eigenvalue weighted by atomic mass is 31.2. The van der Waals surface area contributed by atoms with E-state index >= 15 is 0 Å². The third-order valence-corrected chi connectivity index (χ3v) is 11.0. The fourth-order valence-electron chi connectivity index (χ4n) is 6.71. The lowest BCUT2D eigenvalue weighted by molar-refractivity contribution is -0.883. The number of nitrogens with zero attached hydrogens (tertiary/aromatic N) is 2. The van der Waals surface area contributed by atoms with Gasteiger partial charge in [0.05, 0.1) is 28.2 Å². The third-order valence-electron chi connectivity index (χ3n) is 9.65. The first kappa shape index (κ1) is 38.2. The number of likely N-dealkylation sites (N-methyl/N-ethyl adjacent to an activating group) is 2. The minimum Gasteiger partial charge on any atom is -0.458 e. The summed E-state index contributed by atoms with van der Waals surface area (Å²) in [5, 5.41) is 0. The van der Waals surface area contributed by atoms with E-state index in [2.05, 4.69) is 41.5 Å². The van der Waals surface area contributed by atoms with Crippen LogP contribution in [0.15, 0.2) is 0 Å². The molecule has 0 heterocycles. The number of rotatable bonds is 16. The maximum Gasteiger partial charge on any atom is 0.362 e. The summed E-state index contributed by atoms with van der Waals surface area (Å²) < 4.78 is 37.0. The van der Waals surface area contributed by atoms with E-state index < -0.39 is 7.60 Å². The number of carbonyl (C=O) groups excluding carboxylic acids is 2. The topological polar surface area (TPSA) is 88.1 Å². The molecule has 7 atom stereocenters. The summed E-state index contributed by atoms with van der Waals surface area (Å²) in [6.07, 6.45) is 6.41. The standard InChI is InChI=1S/C33H65N2O7P/c1-24(2)28-14-12-26(5)20-30(28)41-32(36)22-34(7,8)16-18-39-43(11,38)40-19-17-35(9,10)23-33(37)42-31-21-27(6)13-15-29(31)25(3)4/h24-31H,12-23H2,1-11H3/q+2/t26-,27+,28-,29-,30-,31-,43?/m1/s1. The van der Waals surface area contributed by atoms with Gasteiger partial charge in [0, 0.05) is 6.66 Å². The second-order valence-electron chi connectivity index (χ2n) is 15.8. The molecule has 0 aromatic carbocycles. The van der Waals surface area contributed by atoms with Crippen LogP contribution in [0.4, 0.5) is 0 Å². The molecule has 2 saturated carbocycles. The molecule has 252 valence electrons. The van der Waals surface area contributed by atoms with E-state index in [0.29, 0.717) is 57.6 Å². The molecule has 0 radical (unpaired) electrons. The zero-order chi connectivity index (χ0) is 32.6. The summed E-state index contributed by atoms with van der Waals surface area (Å²) in [6.45, 7) is 16.6. The van der Waals surface area contributed by atoms with Crippen LogP contribution in [0, 0.1) is 35.5 Å². The predicted octanol–water partition coefficient (Wildman–Crippen LogP) is 6.00. The summed E-state index contributed by atoms with van der Waals surface area (Å²) in [6, 6.07) is 0. The van der Waals surface area contributed by atoms with Crippen molar-refractivity contribution >= 4 is 19.5 Å². The third kappa shape index (κ3) is 13.9. The summed E-state index contributed by atoms with van der Waals surface area (Å²) in [5.41, 5.74) is 0. The maximum absolute atomic E-state index is 13.0. The smallest absolute Gasteiger partial charge is 0.362 e. The molecule has 0 aliphatic heterocycles. The molecule has 0 amide bonds. The first-order chi connectivity index (χ1) is 19.8. The molecule has 2 aliphatic rings. The van der Waals surface area contributed by atoms with Crippen molar-refractivity contribution in [2.75, 3.05) is 74.2 Å². The molecule has 0 aromatic heterocycles. The van der Waals surface area contributed by atoms with Crippen LogP contribution in [0.3, 0.4) is 0 Å². The highest BCUT2D eigenvalue weighted by molar-refractivity contribution is 7.52. The molecule has 2 fully saturated rings. The van der Waals surface area contributed by atoms with Crippen LogP contribution in [-0.2, 0) is 32.7 Å². The van der Waals surface area contributed by atoms with E-state index in [1.165, 1.54) is 19.5 Å². The Morgan fingerprint density at radius 1 is 0.698 bits per heavy atom. The lowest BCUT2D eigenvalue weighted by Crippen LogP contribution is -2.48. The van der Waals surface area contributed by atoms with E-state index in [4.69, 9.17) is 18.5 Å². The summed E-state index contributed by atoms with van der Waals surface area (Å²) in [4.78, 5) is 25.7. The van der Waals surface area contributed by atoms with Gasteiger partial charge in [-0.05, 0) is 61.2 Å². The van der Waals surface area contributed by atoms with Gasteiger partial charge < -0.3 is 27.5 Å².